The third-order valence-electron chi connectivity index (χ3n) is 0.421. The monoisotopic (exact) mass is 318 g/mol. The van der Waals surface area contributed by atoms with Crippen LogP contribution >= 0.6 is 0 Å². The van der Waals surface area contributed by atoms with Gasteiger partial charge < -0.3 is 35.7 Å². The quantitative estimate of drug-likeness (QED) is 0.318. The van der Waals surface area contributed by atoms with Crippen LogP contribution in [-0.2, 0) is 14.4 Å². The van der Waals surface area contributed by atoms with E-state index in [1.165, 1.54) is 0 Å². The van der Waals surface area contributed by atoms with Crippen LogP contribution in [-0.4, -0.2) is 79.6 Å². The average molecular weight is 318 g/mol. The maximum absolute atomic E-state index is 9.00. The molecule has 0 aliphatic heterocycles. The molecule has 0 amide bonds. The first kappa shape index (κ1) is 31.6. The minimum absolute atomic E-state index is 0.250. The van der Waals surface area contributed by atoms with E-state index in [2.05, 4.69) is 0 Å². The van der Waals surface area contributed by atoms with Gasteiger partial charge in [0.15, 0.2) is 0 Å². The van der Waals surface area contributed by atoms with E-state index < -0.39 is 24.0 Å². The van der Waals surface area contributed by atoms with E-state index in [1.807, 2.05) is 0 Å². The molecule has 0 aliphatic carbocycles. The molecular formula is C11H26O10. The van der Waals surface area contributed by atoms with E-state index >= 15 is 0 Å². The first-order valence-corrected chi connectivity index (χ1v) is 5.51. The van der Waals surface area contributed by atoms with Crippen LogP contribution in [0, 0.1) is 0 Å². The molecule has 0 unspecified atom stereocenters. The third kappa shape index (κ3) is 952. The zero-order valence-electron chi connectivity index (χ0n) is 12.6. The number of rotatable bonds is 2. The number of hydrogen-bond donors (Lipinski definition) is 7. The molecule has 0 bridgehead atoms. The Morgan fingerprint density at radius 3 is 0.857 bits per heavy atom. The molecule has 0 atom stereocenters. The van der Waals surface area contributed by atoms with Crippen LogP contribution in [0.5, 0.6) is 0 Å². The Morgan fingerprint density at radius 1 is 0.762 bits per heavy atom. The minimum atomic E-state index is -0.954. The number of hydrogen-bond acceptors (Lipinski definition) is 7. The summed E-state index contributed by atoms with van der Waals surface area (Å²) in [6, 6.07) is 0. The van der Waals surface area contributed by atoms with Gasteiger partial charge in [0.25, 0.3) is 17.9 Å². The lowest BCUT2D eigenvalue weighted by atomic mass is 10.4. The summed E-state index contributed by atoms with van der Waals surface area (Å²) in [6.07, 6.45) is -0.954. The predicted octanol–water partition coefficient (Wildman–Crippen LogP) is -1.40. The largest absolute Gasteiger partial charge is 0.481 e. The molecule has 0 saturated carbocycles. The topological polar surface area (TPSA) is 193 Å². The first-order valence-electron chi connectivity index (χ1n) is 5.51. The number of carbonyl (C=O) groups is 3. The van der Waals surface area contributed by atoms with Gasteiger partial charge in [-0.05, 0) is 6.92 Å². The predicted molar refractivity (Wildman–Crippen MR) is 72.9 cm³/mol. The van der Waals surface area contributed by atoms with Crippen LogP contribution in [0.2, 0.25) is 0 Å². The van der Waals surface area contributed by atoms with Crippen LogP contribution in [0.1, 0.15) is 27.7 Å². The fourth-order valence-electron chi connectivity index (χ4n) is 0.0577. The van der Waals surface area contributed by atoms with Gasteiger partial charge in [-0.25, -0.2) is 0 Å². The highest BCUT2D eigenvalue weighted by Gasteiger charge is 1.93. The van der Waals surface area contributed by atoms with Crippen molar-refractivity contribution >= 4 is 17.9 Å². The number of aliphatic carboxylic acids is 3. The number of carboxylic acids is 3. The molecule has 0 heterocycles. The second-order valence-electron chi connectivity index (χ2n) is 2.89. The second-order valence-corrected chi connectivity index (χ2v) is 2.89. The summed E-state index contributed by atoms with van der Waals surface area (Å²) < 4.78 is 0. The molecule has 10 heteroatoms. The van der Waals surface area contributed by atoms with Crippen LogP contribution in [0.15, 0.2) is 0 Å². The Hall–Kier alpha value is -1.75. The summed E-state index contributed by atoms with van der Waals surface area (Å²) in [6.45, 7) is 4.45. The Labute approximate surface area is 122 Å². The summed E-state index contributed by atoms with van der Waals surface area (Å²) in [7, 11) is 0. The Morgan fingerprint density at radius 2 is 0.857 bits per heavy atom. The molecule has 0 rings (SSSR count). The van der Waals surface area contributed by atoms with Gasteiger partial charge in [-0.3, -0.25) is 14.4 Å². The molecule has 0 aromatic carbocycles. The fraction of sp³-hybridized carbons (Fsp3) is 0.727. The maximum atomic E-state index is 9.00. The van der Waals surface area contributed by atoms with Gasteiger partial charge in [0, 0.05) is 27.4 Å². The zero-order chi connectivity index (χ0) is 18.4. The minimum Gasteiger partial charge on any atom is -0.481 e. The number of aliphatic hydroxyl groups excluding tert-OH is 4. The molecule has 0 radical (unpaired) electrons. The van der Waals surface area contributed by atoms with E-state index in [0.29, 0.717) is 0 Å². The van der Waals surface area contributed by atoms with Crippen molar-refractivity contribution in [3.05, 3.63) is 0 Å². The molecule has 0 fully saturated rings. The highest BCUT2D eigenvalue weighted by molar-refractivity contribution is 5.63. The Balaban J connectivity index is -0.0000000519. The van der Waals surface area contributed by atoms with Crippen LogP contribution in [0.4, 0.5) is 0 Å². The Bertz CT molecular complexity index is 185. The van der Waals surface area contributed by atoms with Crippen LogP contribution in [0.25, 0.3) is 0 Å². The number of carboxylic acid groups (broad SMARTS) is 3. The summed E-state index contributed by atoms with van der Waals surface area (Å²) in [5.41, 5.74) is 0. The lowest BCUT2D eigenvalue weighted by Gasteiger charge is -1.96. The maximum Gasteiger partial charge on any atom is 0.300 e. The third-order valence-corrected chi connectivity index (χ3v) is 0.421. The van der Waals surface area contributed by atoms with E-state index in [-0.39, 0.29) is 19.8 Å². The Kier molecular flexibility index (Phi) is 46.5. The molecule has 10 nitrogen and oxygen atoms in total. The molecule has 0 saturated heterocycles. The smallest absolute Gasteiger partial charge is 0.300 e. The molecule has 0 aromatic heterocycles. The normalized spacial score (nSPS) is 7.29. The van der Waals surface area contributed by atoms with Gasteiger partial charge in [-0.15, -0.1) is 0 Å². The van der Waals surface area contributed by atoms with E-state index in [9.17, 15) is 0 Å². The van der Waals surface area contributed by atoms with Crippen LogP contribution in [0.3, 0.4) is 0 Å². The van der Waals surface area contributed by atoms with Crippen molar-refractivity contribution in [3.63, 3.8) is 0 Å². The van der Waals surface area contributed by atoms with Crippen molar-refractivity contribution < 1.29 is 50.1 Å². The highest BCUT2D eigenvalue weighted by Crippen LogP contribution is 1.71. The summed E-state index contributed by atoms with van der Waals surface area (Å²) >= 11 is 0. The van der Waals surface area contributed by atoms with Gasteiger partial charge in [-0.1, -0.05) is 0 Å². The van der Waals surface area contributed by atoms with Gasteiger partial charge in [-0.2, -0.15) is 0 Å². The van der Waals surface area contributed by atoms with Gasteiger partial charge in [0.2, 0.25) is 0 Å². The molecule has 130 valence electrons. The number of aliphatic hydroxyl groups is 4. The van der Waals surface area contributed by atoms with Crippen LogP contribution < -0.4 is 0 Å². The lowest BCUT2D eigenvalue weighted by molar-refractivity contribution is -0.135. The molecule has 0 spiro atoms. The van der Waals surface area contributed by atoms with E-state index in [1.54, 1.807) is 6.92 Å². The van der Waals surface area contributed by atoms with E-state index in [0.717, 1.165) is 20.8 Å². The summed E-state index contributed by atoms with van der Waals surface area (Å²) in [5, 5.41) is 53.8. The average Bonchev–Trinajstić information content (AvgIpc) is 2.26. The molecule has 0 aromatic rings. The fourth-order valence-corrected chi connectivity index (χ4v) is 0.0577. The summed E-state index contributed by atoms with van der Waals surface area (Å²) in [4.78, 5) is 27.0. The highest BCUT2D eigenvalue weighted by atomic mass is 16.4. The molecule has 21 heavy (non-hydrogen) atoms. The molecular weight excluding hydrogens is 292 g/mol. The first-order chi connectivity index (χ1) is 9.42. The van der Waals surface area contributed by atoms with Gasteiger partial charge in [0.05, 0.1) is 13.2 Å². The lowest BCUT2D eigenvalue weighted by Crippen LogP contribution is -2.15. The van der Waals surface area contributed by atoms with Crippen molar-refractivity contribution in [2.24, 2.45) is 0 Å². The van der Waals surface area contributed by atoms with Gasteiger partial charge in [0.1, 0.15) is 6.10 Å². The zero-order valence-corrected chi connectivity index (χ0v) is 12.6. The van der Waals surface area contributed by atoms with Crippen molar-refractivity contribution in [1.82, 2.24) is 0 Å². The van der Waals surface area contributed by atoms with Crippen molar-refractivity contribution in [3.8, 4) is 0 Å². The standard InChI is InChI=1S/C3H8O3.3C2H4O2.C2H6O/c4-1-3(6)2-5;3*1-2(3)4;1-2-3/h3-6H,1-2H2;3*1H3,(H,3,4);3H,2H2,1H3. The van der Waals surface area contributed by atoms with Crippen molar-refractivity contribution in [2.45, 2.75) is 33.8 Å². The van der Waals surface area contributed by atoms with Crippen molar-refractivity contribution in [2.75, 3.05) is 19.8 Å². The van der Waals surface area contributed by atoms with Gasteiger partial charge >= 0.3 is 0 Å². The van der Waals surface area contributed by atoms with E-state index in [4.69, 9.17) is 50.1 Å². The second kappa shape index (κ2) is 30.9. The molecule has 0 aliphatic rings. The summed E-state index contributed by atoms with van der Waals surface area (Å²) in [5.74, 6) is -2.50. The SMILES string of the molecule is CC(=O)O.CC(=O)O.CC(=O)O.CCO.OCC(O)CO. The molecule has 7 N–H and O–H groups in total. The van der Waals surface area contributed by atoms with Crippen molar-refractivity contribution in [1.29, 1.82) is 0 Å².